The number of hydrogen-bond acceptors (Lipinski definition) is 3. The first-order valence-corrected chi connectivity index (χ1v) is 7.69. The van der Waals surface area contributed by atoms with Gasteiger partial charge in [-0.05, 0) is 18.1 Å². The lowest BCUT2D eigenvalue weighted by atomic mass is 10.2. The molecule has 102 valence electrons. The third-order valence-corrected chi connectivity index (χ3v) is 3.90. The molecular weight excluding hydrogens is 276 g/mol. The summed E-state index contributed by atoms with van der Waals surface area (Å²) in [5.41, 5.74) is 3.10. The number of pyridine rings is 1. The highest BCUT2D eigenvalue weighted by Crippen LogP contribution is 2.23. The molecule has 0 unspecified atom stereocenters. The van der Waals surface area contributed by atoms with Gasteiger partial charge in [0.05, 0.1) is 5.69 Å². The predicted octanol–water partition coefficient (Wildman–Crippen LogP) is 4.19. The first-order chi connectivity index (χ1) is 10.4. The topological polar surface area (TPSA) is 25.8 Å². The smallest absolute Gasteiger partial charge is 0.123 e. The van der Waals surface area contributed by atoms with Gasteiger partial charge in [-0.15, -0.1) is 11.3 Å². The van der Waals surface area contributed by atoms with Crippen molar-refractivity contribution in [2.75, 3.05) is 0 Å². The van der Waals surface area contributed by atoms with E-state index < -0.39 is 0 Å². The summed E-state index contributed by atoms with van der Waals surface area (Å²) >= 11 is 1.69. The fourth-order valence-electron chi connectivity index (χ4n) is 1.92. The summed E-state index contributed by atoms with van der Waals surface area (Å²) in [4.78, 5) is 8.84. The number of aryl methyl sites for hydroxylation is 1. The Labute approximate surface area is 128 Å². The normalized spacial score (nSPS) is 9.90. The van der Waals surface area contributed by atoms with Gasteiger partial charge in [-0.2, -0.15) is 0 Å². The summed E-state index contributed by atoms with van der Waals surface area (Å²) in [5.74, 6) is 6.22. The molecule has 3 aromatic rings. The molecule has 2 aromatic heterocycles. The molecule has 0 aliphatic carbocycles. The monoisotopic (exact) mass is 290 g/mol. The molecule has 0 bridgehead atoms. The van der Waals surface area contributed by atoms with Crippen molar-refractivity contribution in [1.82, 2.24) is 9.97 Å². The highest BCUT2D eigenvalue weighted by Gasteiger charge is 2.03. The van der Waals surface area contributed by atoms with Gasteiger partial charge in [0.15, 0.2) is 0 Å². The molecular formula is C18H14N2S. The minimum absolute atomic E-state index is 0.800. The second-order valence-electron chi connectivity index (χ2n) is 4.53. The van der Waals surface area contributed by atoms with Gasteiger partial charge >= 0.3 is 0 Å². The molecule has 0 saturated carbocycles. The number of nitrogens with zero attached hydrogens (tertiary/aromatic N) is 2. The van der Waals surface area contributed by atoms with Crippen LogP contribution >= 0.6 is 11.3 Å². The largest absolute Gasteiger partial charge is 0.248 e. The Bertz CT molecular complexity index is 752. The maximum atomic E-state index is 4.66. The average molecular weight is 290 g/mol. The maximum Gasteiger partial charge on any atom is 0.123 e. The number of aromatic nitrogens is 2. The van der Waals surface area contributed by atoms with Crippen molar-refractivity contribution < 1.29 is 0 Å². The second kappa shape index (κ2) is 6.83. The van der Waals surface area contributed by atoms with Gasteiger partial charge < -0.3 is 0 Å². The van der Waals surface area contributed by atoms with Crippen LogP contribution in [0.2, 0.25) is 0 Å². The highest BCUT2D eigenvalue weighted by atomic mass is 32.1. The maximum absolute atomic E-state index is 4.66. The van der Waals surface area contributed by atoms with Crippen LogP contribution < -0.4 is 0 Å². The lowest BCUT2D eigenvalue weighted by Crippen LogP contribution is -1.85. The molecule has 0 spiro atoms. The number of benzene rings is 1. The van der Waals surface area contributed by atoms with E-state index in [0.29, 0.717) is 0 Å². The molecule has 21 heavy (non-hydrogen) atoms. The van der Waals surface area contributed by atoms with Crippen LogP contribution in [0.4, 0.5) is 0 Å². The minimum Gasteiger partial charge on any atom is -0.248 e. The summed E-state index contributed by atoms with van der Waals surface area (Å²) in [6.07, 6.45) is 3.44. The third-order valence-electron chi connectivity index (χ3n) is 2.96. The zero-order valence-corrected chi connectivity index (χ0v) is 12.3. The van der Waals surface area contributed by atoms with Crippen LogP contribution in [0, 0.1) is 11.8 Å². The molecule has 2 nitrogen and oxygen atoms in total. The minimum atomic E-state index is 0.800. The number of rotatable bonds is 3. The van der Waals surface area contributed by atoms with E-state index in [1.807, 2.05) is 36.4 Å². The van der Waals surface area contributed by atoms with Crippen molar-refractivity contribution in [1.29, 1.82) is 0 Å². The van der Waals surface area contributed by atoms with Gasteiger partial charge in [0.2, 0.25) is 0 Å². The fraction of sp³-hybridized carbons (Fsp3) is 0.111. The molecule has 3 heteroatoms. The lowest BCUT2D eigenvalue weighted by Gasteiger charge is -1.93. The van der Waals surface area contributed by atoms with E-state index in [4.69, 9.17) is 0 Å². The summed E-state index contributed by atoms with van der Waals surface area (Å²) < 4.78 is 0. The lowest BCUT2D eigenvalue weighted by molar-refractivity contribution is 0.981. The molecule has 0 aliphatic heterocycles. The third kappa shape index (κ3) is 3.77. The van der Waals surface area contributed by atoms with E-state index >= 15 is 0 Å². The Morgan fingerprint density at radius 1 is 1.00 bits per heavy atom. The Morgan fingerprint density at radius 2 is 1.86 bits per heavy atom. The van der Waals surface area contributed by atoms with E-state index in [-0.39, 0.29) is 0 Å². The van der Waals surface area contributed by atoms with Crippen molar-refractivity contribution in [2.24, 2.45) is 0 Å². The predicted molar refractivity (Wildman–Crippen MR) is 87.0 cm³/mol. The van der Waals surface area contributed by atoms with Gasteiger partial charge in [-0.3, -0.25) is 0 Å². The molecule has 0 aliphatic rings. The summed E-state index contributed by atoms with van der Waals surface area (Å²) in [7, 11) is 0. The van der Waals surface area contributed by atoms with Crippen LogP contribution in [0.5, 0.6) is 0 Å². The van der Waals surface area contributed by atoms with E-state index in [0.717, 1.165) is 29.2 Å². The summed E-state index contributed by atoms with van der Waals surface area (Å²) in [6.45, 7) is 0. The van der Waals surface area contributed by atoms with Crippen molar-refractivity contribution >= 4 is 11.3 Å². The molecule has 0 amide bonds. The van der Waals surface area contributed by atoms with Crippen LogP contribution in [0.1, 0.15) is 17.8 Å². The second-order valence-corrected chi connectivity index (χ2v) is 5.38. The first-order valence-electron chi connectivity index (χ1n) is 6.81. The van der Waals surface area contributed by atoms with E-state index in [1.54, 1.807) is 17.5 Å². The first kappa shape index (κ1) is 13.5. The molecule has 0 fully saturated rings. The van der Waals surface area contributed by atoms with Crippen LogP contribution in [0.3, 0.4) is 0 Å². The highest BCUT2D eigenvalue weighted by molar-refractivity contribution is 7.13. The molecule has 2 heterocycles. The van der Waals surface area contributed by atoms with Crippen LogP contribution in [-0.2, 0) is 6.42 Å². The molecule has 0 atom stereocenters. The van der Waals surface area contributed by atoms with Crippen molar-refractivity contribution in [3.63, 3.8) is 0 Å². The van der Waals surface area contributed by atoms with Gasteiger partial charge in [-0.25, -0.2) is 9.97 Å². The average Bonchev–Trinajstić information content (AvgIpc) is 3.02. The SMILES string of the molecule is C(#Cc1ccccn1)CCc1csc(-c2ccccc2)n1. The van der Waals surface area contributed by atoms with Gasteiger partial charge in [-0.1, -0.05) is 42.3 Å². The molecule has 3 rings (SSSR count). The number of hydrogen-bond donors (Lipinski definition) is 0. The van der Waals surface area contributed by atoms with E-state index in [9.17, 15) is 0 Å². The Hall–Kier alpha value is -2.44. The van der Waals surface area contributed by atoms with E-state index in [2.05, 4.69) is 39.3 Å². The van der Waals surface area contributed by atoms with Crippen molar-refractivity contribution in [3.8, 4) is 22.4 Å². The summed E-state index contributed by atoms with van der Waals surface area (Å²) in [6, 6.07) is 16.0. The molecule has 1 aromatic carbocycles. The zero-order valence-electron chi connectivity index (χ0n) is 11.5. The Kier molecular flexibility index (Phi) is 4.40. The van der Waals surface area contributed by atoms with Crippen molar-refractivity contribution in [2.45, 2.75) is 12.8 Å². The quantitative estimate of drug-likeness (QED) is 0.676. The Morgan fingerprint density at radius 3 is 2.67 bits per heavy atom. The zero-order chi connectivity index (χ0) is 14.3. The molecule has 0 N–H and O–H groups in total. The molecule has 0 saturated heterocycles. The fourth-order valence-corrected chi connectivity index (χ4v) is 2.78. The van der Waals surface area contributed by atoms with E-state index in [1.165, 1.54) is 5.56 Å². The Balaban J connectivity index is 1.60. The number of thiazole rings is 1. The standard InChI is InChI=1S/C18H14N2S/c1-2-8-15(9-3-1)18-20-17(14-21-18)12-5-4-10-16-11-6-7-13-19-16/h1-3,6-9,11,13-14H,5,12H2. The summed E-state index contributed by atoms with van der Waals surface area (Å²) in [5, 5.41) is 3.19. The van der Waals surface area contributed by atoms with Crippen molar-refractivity contribution in [3.05, 3.63) is 71.5 Å². The van der Waals surface area contributed by atoms with Gasteiger partial charge in [0, 0.05) is 30.0 Å². The van der Waals surface area contributed by atoms with Crippen LogP contribution in [-0.4, -0.2) is 9.97 Å². The van der Waals surface area contributed by atoms with Gasteiger partial charge in [0.25, 0.3) is 0 Å². The molecule has 0 radical (unpaired) electrons. The van der Waals surface area contributed by atoms with Crippen LogP contribution in [0.25, 0.3) is 10.6 Å². The van der Waals surface area contributed by atoms with Gasteiger partial charge in [0.1, 0.15) is 10.7 Å². The van der Waals surface area contributed by atoms with Crippen LogP contribution in [0.15, 0.2) is 60.1 Å².